The Morgan fingerprint density at radius 3 is 1.75 bits per heavy atom. The summed E-state index contributed by atoms with van der Waals surface area (Å²) in [6.45, 7) is 1.90. The Bertz CT molecular complexity index is 558. The maximum absolute atomic E-state index is 12.8. The summed E-state index contributed by atoms with van der Waals surface area (Å²) in [5.74, 6) is -0.627. The minimum absolute atomic E-state index is 0.0458. The van der Waals surface area contributed by atoms with E-state index in [0.717, 1.165) is 11.1 Å². The molecule has 5 heteroatoms. The van der Waals surface area contributed by atoms with E-state index in [0.29, 0.717) is 0 Å². The molecule has 20 heavy (non-hydrogen) atoms. The molecule has 0 radical (unpaired) electrons. The van der Waals surface area contributed by atoms with Crippen molar-refractivity contribution in [2.75, 3.05) is 0 Å². The predicted octanol–water partition coefficient (Wildman–Crippen LogP) is 4.88. The average Bonchev–Trinajstić information content (AvgIpc) is 2.38. The van der Waals surface area contributed by atoms with Crippen molar-refractivity contribution in [3.63, 3.8) is 0 Å². The van der Waals surface area contributed by atoms with Gasteiger partial charge in [0.15, 0.2) is 0 Å². The van der Waals surface area contributed by atoms with Gasteiger partial charge in [-0.05, 0) is 35.4 Å². The fraction of sp³-hybridized carbons (Fsp3) is 0.200. The molecule has 0 N–H and O–H groups in total. The van der Waals surface area contributed by atoms with Gasteiger partial charge in [-0.15, -0.1) is 13.2 Å². The molecule has 0 saturated heterocycles. The Labute approximate surface area is 113 Å². The molecule has 0 amide bonds. The number of hydrogen-bond donors (Lipinski definition) is 0. The highest BCUT2D eigenvalue weighted by Gasteiger charge is 2.31. The first-order chi connectivity index (χ1) is 9.35. The van der Waals surface area contributed by atoms with E-state index in [1.54, 1.807) is 24.3 Å². The second-order valence-corrected chi connectivity index (χ2v) is 4.39. The van der Waals surface area contributed by atoms with Gasteiger partial charge in [0.25, 0.3) is 0 Å². The smallest absolute Gasteiger partial charge is 0.406 e. The average molecular weight is 284 g/mol. The molecule has 1 nitrogen and oxygen atoms in total. The van der Waals surface area contributed by atoms with Gasteiger partial charge in [0, 0.05) is 5.92 Å². The maximum Gasteiger partial charge on any atom is 0.573 e. The topological polar surface area (TPSA) is 9.23 Å². The monoisotopic (exact) mass is 284 g/mol. The highest BCUT2D eigenvalue weighted by Crippen LogP contribution is 2.28. The third-order valence-corrected chi connectivity index (χ3v) is 2.98. The van der Waals surface area contributed by atoms with Crippen molar-refractivity contribution in [2.24, 2.45) is 0 Å². The Kier molecular flexibility index (Phi) is 3.97. The zero-order valence-corrected chi connectivity index (χ0v) is 10.6. The Morgan fingerprint density at radius 2 is 1.30 bits per heavy atom. The van der Waals surface area contributed by atoms with Crippen molar-refractivity contribution >= 4 is 0 Å². The van der Waals surface area contributed by atoms with Crippen LogP contribution in [0.15, 0.2) is 48.5 Å². The largest absolute Gasteiger partial charge is 0.573 e. The van der Waals surface area contributed by atoms with E-state index in [-0.39, 0.29) is 17.5 Å². The van der Waals surface area contributed by atoms with Crippen LogP contribution in [0, 0.1) is 5.82 Å². The number of hydrogen-bond acceptors (Lipinski definition) is 1. The molecule has 2 rings (SSSR count). The van der Waals surface area contributed by atoms with Crippen molar-refractivity contribution in [3.05, 3.63) is 65.5 Å². The molecule has 2 aromatic rings. The summed E-state index contributed by atoms with van der Waals surface area (Å²) in [5, 5.41) is 0. The van der Waals surface area contributed by atoms with E-state index >= 15 is 0 Å². The molecular formula is C15H12F4O. The lowest BCUT2D eigenvalue weighted by atomic mass is 9.93. The molecule has 0 aromatic heterocycles. The van der Waals surface area contributed by atoms with Gasteiger partial charge < -0.3 is 4.74 Å². The summed E-state index contributed by atoms with van der Waals surface area (Å²) in [5.41, 5.74) is 1.71. The molecule has 106 valence electrons. The summed E-state index contributed by atoms with van der Waals surface area (Å²) in [7, 11) is 0. The minimum atomic E-state index is -4.69. The van der Waals surface area contributed by atoms with Crippen molar-refractivity contribution in [1.29, 1.82) is 0 Å². The summed E-state index contributed by atoms with van der Waals surface area (Å²) in [4.78, 5) is 0. The Balaban J connectivity index is 2.15. The molecule has 1 atom stereocenters. The fourth-order valence-electron chi connectivity index (χ4n) is 1.90. The standard InChI is InChI=1S/C15H12F4O/c1-10(11-2-6-13(16)7-3-11)12-4-8-14(9-5-12)20-15(17,18)19/h2-10H,1H3. The second kappa shape index (κ2) is 5.53. The molecule has 0 spiro atoms. The first-order valence-corrected chi connectivity index (χ1v) is 5.96. The van der Waals surface area contributed by atoms with Crippen LogP contribution in [0.5, 0.6) is 5.75 Å². The first-order valence-electron chi connectivity index (χ1n) is 5.96. The van der Waals surface area contributed by atoms with Gasteiger partial charge in [-0.25, -0.2) is 4.39 Å². The number of alkyl halides is 3. The summed E-state index contributed by atoms with van der Waals surface area (Å²) in [6, 6.07) is 11.7. The van der Waals surface area contributed by atoms with E-state index in [1.807, 2.05) is 6.92 Å². The SMILES string of the molecule is CC(c1ccc(F)cc1)c1ccc(OC(F)(F)F)cc1. The molecule has 0 saturated carbocycles. The second-order valence-electron chi connectivity index (χ2n) is 4.39. The van der Waals surface area contributed by atoms with Crippen LogP contribution in [-0.4, -0.2) is 6.36 Å². The van der Waals surface area contributed by atoms with E-state index in [4.69, 9.17) is 0 Å². The third-order valence-electron chi connectivity index (χ3n) is 2.98. The van der Waals surface area contributed by atoms with Crippen LogP contribution in [0.3, 0.4) is 0 Å². The number of ether oxygens (including phenoxy) is 1. The molecular weight excluding hydrogens is 272 g/mol. The molecule has 0 aliphatic rings. The van der Waals surface area contributed by atoms with Crippen molar-refractivity contribution in [2.45, 2.75) is 19.2 Å². The minimum Gasteiger partial charge on any atom is -0.406 e. The lowest BCUT2D eigenvalue weighted by Gasteiger charge is -2.14. The van der Waals surface area contributed by atoms with Gasteiger partial charge in [0.2, 0.25) is 0 Å². The van der Waals surface area contributed by atoms with E-state index in [2.05, 4.69) is 4.74 Å². The van der Waals surface area contributed by atoms with E-state index in [1.165, 1.54) is 24.3 Å². The van der Waals surface area contributed by atoms with Gasteiger partial charge in [-0.2, -0.15) is 0 Å². The quantitative estimate of drug-likeness (QED) is 0.730. The van der Waals surface area contributed by atoms with Crippen LogP contribution < -0.4 is 4.74 Å². The third kappa shape index (κ3) is 3.73. The van der Waals surface area contributed by atoms with Crippen LogP contribution >= 0.6 is 0 Å². The van der Waals surface area contributed by atoms with E-state index in [9.17, 15) is 17.6 Å². The number of benzene rings is 2. The molecule has 0 fully saturated rings. The zero-order chi connectivity index (χ0) is 14.8. The Hall–Kier alpha value is -2.04. The van der Waals surface area contributed by atoms with Crippen LogP contribution in [-0.2, 0) is 0 Å². The van der Waals surface area contributed by atoms with Crippen molar-refractivity contribution in [1.82, 2.24) is 0 Å². The van der Waals surface area contributed by atoms with Crippen molar-refractivity contribution < 1.29 is 22.3 Å². The van der Waals surface area contributed by atoms with E-state index < -0.39 is 6.36 Å². The highest BCUT2D eigenvalue weighted by atomic mass is 19.4. The lowest BCUT2D eigenvalue weighted by Crippen LogP contribution is -2.17. The summed E-state index contributed by atoms with van der Waals surface area (Å²) >= 11 is 0. The molecule has 0 aliphatic heterocycles. The lowest BCUT2D eigenvalue weighted by molar-refractivity contribution is -0.274. The molecule has 1 unspecified atom stereocenters. The number of rotatable bonds is 3. The van der Waals surface area contributed by atoms with Gasteiger partial charge >= 0.3 is 6.36 Å². The summed E-state index contributed by atoms with van der Waals surface area (Å²) < 4.78 is 52.8. The number of halogens is 4. The molecule has 0 bridgehead atoms. The Morgan fingerprint density at radius 1 is 0.850 bits per heavy atom. The predicted molar refractivity (Wildman–Crippen MR) is 67.0 cm³/mol. The van der Waals surface area contributed by atoms with Gasteiger partial charge in [-0.1, -0.05) is 31.2 Å². The van der Waals surface area contributed by atoms with Crippen LogP contribution in [0.2, 0.25) is 0 Å². The fourth-order valence-corrected chi connectivity index (χ4v) is 1.90. The maximum atomic E-state index is 12.8. The summed E-state index contributed by atoms with van der Waals surface area (Å²) in [6.07, 6.45) is -4.69. The molecule has 2 aromatic carbocycles. The van der Waals surface area contributed by atoms with Crippen molar-refractivity contribution in [3.8, 4) is 5.75 Å². The van der Waals surface area contributed by atoms with Crippen LogP contribution in [0.25, 0.3) is 0 Å². The molecule has 0 aliphatic carbocycles. The molecule has 0 heterocycles. The zero-order valence-electron chi connectivity index (χ0n) is 10.6. The van der Waals surface area contributed by atoms with Crippen LogP contribution in [0.1, 0.15) is 24.0 Å². The highest BCUT2D eigenvalue weighted by molar-refractivity contribution is 5.35. The van der Waals surface area contributed by atoms with Gasteiger partial charge in [0.05, 0.1) is 0 Å². The normalized spacial score (nSPS) is 13.1. The van der Waals surface area contributed by atoms with Gasteiger partial charge in [0.1, 0.15) is 11.6 Å². The van der Waals surface area contributed by atoms with Gasteiger partial charge in [-0.3, -0.25) is 0 Å². The van der Waals surface area contributed by atoms with Crippen LogP contribution in [0.4, 0.5) is 17.6 Å². The first kappa shape index (κ1) is 14.4.